The molecule has 0 saturated heterocycles. The number of hydrogen-bond donors (Lipinski definition) is 1. The Kier molecular flexibility index (Phi) is 8.14. The SMILES string of the molecule is C=C/C(=C\C(C)=C/C)C(=C)N(C)CCNC(C)C. The maximum absolute atomic E-state index is 4.14. The summed E-state index contributed by atoms with van der Waals surface area (Å²) in [5.41, 5.74) is 3.31. The topological polar surface area (TPSA) is 15.3 Å². The molecule has 0 bridgehead atoms. The summed E-state index contributed by atoms with van der Waals surface area (Å²) in [4.78, 5) is 2.16. The van der Waals surface area contributed by atoms with Gasteiger partial charge >= 0.3 is 0 Å². The molecule has 0 heterocycles. The number of rotatable bonds is 8. The van der Waals surface area contributed by atoms with Gasteiger partial charge in [0.15, 0.2) is 0 Å². The van der Waals surface area contributed by atoms with Crippen molar-refractivity contribution in [3.63, 3.8) is 0 Å². The zero-order chi connectivity index (χ0) is 14.1. The average Bonchev–Trinajstić information content (AvgIpc) is 2.34. The van der Waals surface area contributed by atoms with Gasteiger partial charge in [-0.05, 0) is 19.4 Å². The number of nitrogens with zero attached hydrogens (tertiary/aromatic N) is 1. The van der Waals surface area contributed by atoms with Crippen LogP contribution in [-0.4, -0.2) is 31.1 Å². The van der Waals surface area contributed by atoms with E-state index in [-0.39, 0.29) is 0 Å². The molecule has 18 heavy (non-hydrogen) atoms. The fraction of sp³-hybridized carbons (Fsp3) is 0.500. The van der Waals surface area contributed by atoms with E-state index in [1.165, 1.54) is 5.57 Å². The zero-order valence-corrected chi connectivity index (χ0v) is 12.6. The average molecular weight is 248 g/mol. The fourth-order valence-corrected chi connectivity index (χ4v) is 1.46. The molecule has 0 aromatic rings. The van der Waals surface area contributed by atoms with Crippen molar-refractivity contribution in [2.24, 2.45) is 0 Å². The molecule has 0 atom stereocenters. The van der Waals surface area contributed by atoms with Gasteiger partial charge in [0.2, 0.25) is 0 Å². The van der Waals surface area contributed by atoms with Crippen LogP contribution in [0, 0.1) is 0 Å². The van der Waals surface area contributed by atoms with Crippen LogP contribution in [0.4, 0.5) is 0 Å². The Hall–Kier alpha value is -1.28. The Bertz CT molecular complexity index is 335. The van der Waals surface area contributed by atoms with Gasteiger partial charge in [-0.2, -0.15) is 0 Å². The van der Waals surface area contributed by atoms with E-state index in [9.17, 15) is 0 Å². The van der Waals surface area contributed by atoms with Gasteiger partial charge in [0.1, 0.15) is 0 Å². The summed E-state index contributed by atoms with van der Waals surface area (Å²) in [7, 11) is 2.06. The van der Waals surface area contributed by atoms with Crippen molar-refractivity contribution >= 4 is 0 Å². The lowest BCUT2D eigenvalue weighted by Gasteiger charge is -2.23. The predicted molar refractivity (Wildman–Crippen MR) is 82.6 cm³/mol. The standard InChI is InChI=1S/C16H28N2/c1-8-14(5)12-16(9-2)15(6)18(7)11-10-17-13(3)4/h8-9,12-13,17H,2,6,10-11H2,1,3-5,7H3/b14-8-,16-12+. The molecule has 0 spiro atoms. The Morgan fingerprint density at radius 1 is 1.39 bits per heavy atom. The van der Waals surface area contributed by atoms with Crippen LogP contribution in [0.3, 0.4) is 0 Å². The molecule has 0 amide bonds. The van der Waals surface area contributed by atoms with Crippen LogP contribution in [0.2, 0.25) is 0 Å². The first-order chi connectivity index (χ1) is 8.42. The highest BCUT2D eigenvalue weighted by molar-refractivity contribution is 5.40. The third-order valence-electron chi connectivity index (χ3n) is 2.85. The quantitative estimate of drug-likeness (QED) is 0.661. The first-order valence-corrected chi connectivity index (χ1v) is 6.53. The van der Waals surface area contributed by atoms with Crippen molar-refractivity contribution in [1.29, 1.82) is 0 Å². The molecule has 2 heteroatoms. The summed E-state index contributed by atoms with van der Waals surface area (Å²) in [6.45, 7) is 18.3. The van der Waals surface area contributed by atoms with Crippen molar-refractivity contribution in [2.75, 3.05) is 20.1 Å². The molecule has 2 nitrogen and oxygen atoms in total. The first kappa shape index (κ1) is 16.7. The third-order valence-corrected chi connectivity index (χ3v) is 2.85. The highest BCUT2D eigenvalue weighted by Gasteiger charge is 2.05. The van der Waals surface area contributed by atoms with Crippen LogP contribution in [0.5, 0.6) is 0 Å². The lowest BCUT2D eigenvalue weighted by atomic mass is 10.1. The van der Waals surface area contributed by atoms with Gasteiger partial charge in [0, 0.05) is 31.9 Å². The van der Waals surface area contributed by atoms with E-state index in [4.69, 9.17) is 0 Å². The largest absolute Gasteiger partial charge is 0.373 e. The molecular weight excluding hydrogens is 220 g/mol. The van der Waals surface area contributed by atoms with E-state index < -0.39 is 0 Å². The monoisotopic (exact) mass is 248 g/mol. The lowest BCUT2D eigenvalue weighted by molar-refractivity contribution is 0.407. The second-order valence-corrected chi connectivity index (χ2v) is 4.81. The fourth-order valence-electron chi connectivity index (χ4n) is 1.46. The lowest BCUT2D eigenvalue weighted by Crippen LogP contribution is -2.32. The molecule has 0 aromatic heterocycles. The van der Waals surface area contributed by atoms with E-state index in [1.807, 2.05) is 13.0 Å². The van der Waals surface area contributed by atoms with Crippen molar-refractivity contribution < 1.29 is 0 Å². The Labute approximate surface area is 113 Å². The maximum atomic E-state index is 4.14. The molecule has 0 fully saturated rings. The van der Waals surface area contributed by atoms with Crippen molar-refractivity contribution in [2.45, 2.75) is 33.7 Å². The first-order valence-electron chi connectivity index (χ1n) is 6.53. The van der Waals surface area contributed by atoms with E-state index >= 15 is 0 Å². The van der Waals surface area contributed by atoms with Gasteiger partial charge in [0.05, 0.1) is 0 Å². The molecule has 1 N–H and O–H groups in total. The van der Waals surface area contributed by atoms with Gasteiger partial charge in [-0.25, -0.2) is 0 Å². The third kappa shape index (κ3) is 6.45. The van der Waals surface area contributed by atoms with Crippen LogP contribution in [0.25, 0.3) is 0 Å². The van der Waals surface area contributed by atoms with Crippen LogP contribution >= 0.6 is 0 Å². The summed E-state index contributed by atoms with van der Waals surface area (Å²) in [5.74, 6) is 0. The second-order valence-electron chi connectivity index (χ2n) is 4.81. The van der Waals surface area contributed by atoms with Crippen LogP contribution < -0.4 is 5.32 Å². The molecule has 0 radical (unpaired) electrons. The summed E-state index contributed by atoms with van der Waals surface area (Å²) < 4.78 is 0. The smallest absolute Gasteiger partial charge is 0.0364 e. The molecular formula is C16H28N2. The molecule has 0 aliphatic rings. The molecule has 0 rings (SSSR count). The molecule has 0 aliphatic carbocycles. The molecule has 0 aromatic carbocycles. The van der Waals surface area contributed by atoms with Crippen LogP contribution in [0.15, 0.2) is 48.2 Å². The van der Waals surface area contributed by atoms with Crippen molar-refractivity contribution in [1.82, 2.24) is 10.2 Å². The van der Waals surface area contributed by atoms with E-state index in [0.29, 0.717) is 6.04 Å². The number of nitrogens with one attached hydrogen (secondary N) is 1. The number of allylic oxidation sites excluding steroid dienone is 4. The van der Waals surface area contributed by atoms with Crippen LogP contribution in [0.1, 0.15) is 27.7 Å². The second kappa shape index (κ2) is 8.76. The Balaban J connectivity index is 4.51. The van der Waals surface area contributed by atoms with Crippen LogP contribution in [-0.2, 0) is 0 Å². The number of hydrogen-bond acceptors (Lipinski definition) is 2. The van der Waals surface area contributed by atoms with Gasteiger partial charge < -0.3 is 10.2 Å². The minimum Gasteiger partial charge on any atom is -0.373 e. The highest BCUT2D eigenvalue weighted by Crippen LogP contribution is 2.14. The molecule has 102 valence electrons. The van der Waals surface area contributed by atoms with Gasteiger partial charge in [-0.1, -0.05) is 50.8 Å². The van der Waals surface area contributed by atoms with Crippen molar-refractivity contribution in [3.8, 4) is 0 Å². The predicted octanol–water partition coefficient (Wildman–Crippen LogP) is 3.51. The summed E-state index contributed by atoms with van der Waals surface area (Å²) in [6, 6.07) is 0.520. The minimum atomic E-state index is 0.520. The normalized spacial score (nSPS) is 12.8. The highest BCUT2D eigenvalue weighted by atomic mass is 15.1. The number of likely N-dealkylation sites (N-methyl/N-ethyl adjacent to an activating group) is 1. The summed E-state index contributed by atoms with van der Waals surface area (Å²) in [5, 5.41) is 3.40. The van der Waals surface area contributed by atoms with Gasteiger partial charge in [-0.3, -0.25) is 0 Å². The van der Waals surface area contributed by atoms with E-state index in [0.717, 1.165) is 24.4 Å². The Morgan fingerprint density at radius 3 is 2.44 bits per heavy atom. The summed E-state index contributed by atoms with van der Waals surface area (Å²) in [6.07, 6.45) is 6.06. The molecule has 0 unspecified atom stereocenters. The van der Waals surface area contributed by atoms with E-state index in [1.54, 1.807) is 0 Å². The zero-order valence-electron chi connectivity index (χ0n) is 12.6. The maximum Gasteiger partial charge on any atom is 0.0364 e. The molecule has 0 saturated carbocycles. The van der Waals surface area contributed by atoms with E-state index in [2.05, 4.69) is 63.3 Å². The minimum absolute atomic E-state index is 0.520. The molecule has 0 aliphatic heterocycles. The van der Waals surface area contributed by atoms with Crippen molar-refractivity contribution in [3.05, 3.63) is 48.2 Å². The van der Waals surface area contributed by atoms with Gasteiger partial charge in [0.25, 0.3) is 0 Å². The Morgan fingerprint density at radius 2 is 2.00 bits per heavy atom. The summed E-state index contributed by atoms with van der Waals surface area (Å²) >= 11 is 0. The van der Waals surface area contributed by atoms with Gasteiger partial charge in [-0.15, -0.1) is 0 Å².